The van der Waals surface area contributed by atoms with Crippen molar-refractivity contribution in [3.63, 3.8) is 0 Å². The van der Waals surface area contributed by atoms with Crippen molar-refractivity contribution in [1.29, 1.82) is 0 Å². The minimum absolute atomic E-state index is 0.0543. The van der Waals surface area contributed by atoms with E-state index in [0.717, 1.165) is 11.6 Å². The van der Waals surface area contributed by atoms with Gasteiger partial charge in [-0.1, -0.05) is 23.7 Å². The van der Waals surface area contributed by atoms with Gasteiger partial charge >= 0.3 is 0 Å². The van der Waals surface area contributed by atoms with Crippen molar-refractivity contribution < 1.29 is 17.6 Å². The molecular formula is C21H18ClFN4O3S2. The van der Waals surface area contributed by atoms with Crippen LogP contribution in [0.3, 0.4) is 0 Å². The van der Waals surface area contributed by atoms with Gasteiger partial charge in [-0.15, -0.1) is 0 Å². The van der Waals surface area contributed by atoms with E-state index in [0.29, 0.717) is 11.3 Å². The first-order chi connectivity index (χ1) is 15.2. The summed E-state index contributed by atoms with van der Waals surface area (Å²) in [7, 11) is -3.99. The maximum Gasteiger partial charge on any atom is 0.264 e. The molecule has 0 radical (unpaired) electrons. The van der Waals surface area contributed by atoms with Crippen molar-refractivity contribution in [2.75, 3.05) is 4.72 Å². The Bertz CT molecular complexity index is 1290. The minimum atomic E-state index is -3.99. The summed E-state index contributed by atoms with van der Waals surface area (Å²) in [5.41, 5.74) is 2.09. The van der Waals surface area contributed by atoms with Crippen molar-refractivity contribution in [2.45, 2.75) is 13.5 Å². The lowest BCUT2D eigenvalue weighted by Gasteiger charge is -2.21. The maximum atomic E-state index is 13.2. The highest BCUT2D eigenvalue weighted by atomic mass is 35.5. The average molecular weight is 493 g/mol. The third kappa shape index (κ3) is 4.62. The van der Waals surface area contributed by atoms with E-state index in [2.05, 4.69) is 14.8 Å². The number of benzene rings is 2. The van der Waals surface area contributed by atoms with Crippen LogP contribution in [-0.4, -0.2) is 18.6 Å². The molecule has 3 N–H and O–H groups in total. The van der Waals surface area contributed by atoms with Crippen LogP contribution >= 0.6 is 23.7 Å². The van der Waals surface area contributed by atoms with E-state index >= 15 is 0 Å². The molecule has 2 aliphatic rings. The number of aryl methyl sites for hydroxylation is 1. The molecule has 166 valence electrons. The zero-order valence-electron chi connectivity index (χ0n) is 16.7. The fraction of sp³-hybridized carbons (Fsp3) is 0.0952. The Morgan fingerprint density at radius 3 is 2.84 bits per heavy atom. The molecule has 2 heterocycles. The predicted octanol–water partition coefficient (Wildman–Crippen LogP) is 4.18. The summed E-state index contributed by atoms with van der Waals surface area (Å²) in [5.74, 6) is -0.976. The average Bonchev–Trinajstić information content (AvgIpc) is 3.21. The first kappa shape index (κ1) is 22.3. The number of carbonyl (C=O) groups excluding carboxylic acids is 1. The molecule has 0 bridgehead atoms. The first-order valence-corrected chi connectivity index (χ1v) is 12.0. The zero-order valence-corrected chi connectivity index (χ0v) is 19.1. The lowest BCUT2D eigenvalue weighted by Crippen LogP contribution is -2.26. The molecule has 0 unspecified atom stereocenters. The first-order valence-electron chi connectivity index (χ1n) is 9.41. The van der Waals surface area contributed by atoms with Gasteiger partial charge in [0.2, 0.25) is 0 Å². The van der Waals surface area contributed by atoms with Crippen LogP contribution in [0.15, 0.2) is 71.6 Å². The molecule has 4 rings (SSSR count). The fourth-order valence-corrected chi connectivity index (χ4v) is 5.35. The molecule has 2 aliphatic heterocycles. The molecule has 0 atom stereocenters. The highest BCUT2D eigenvalue weighted by Crippen LogP contribution is 2.34. The van der Waals surface area contributed by atoms with Crippen molar-refractivity contribution in [3.05, 3.63) is 99.1 Å². The Morgan fingerprint density at radius 1 is 1.25 bits per heavy atom. The number of nitrogens with one attached hydrogen (secondary N) is 3. The van der Waals surface area contributed by atoms with Gasteiger partial charge in [-0.05, 0) is 54.5 Å². The van der Waals surface area contributed by atoms with Crippen molar-refractivity contribution in [2.24, 2.45) is 0 Å². The molecular weight excluding hydrogens is 475 g/mol. The Hall–Kier alpha value is -2.95. The molecule has 11 heteroatoms. The van der Waals surface area contributed by atoms with Crippen molar-refractivity contribution >= 4 is 45.4 Å². The third-order valence-electron chi connectivity index (χ3n) is 4.71. The molecule has 0 aromatic heterocycles. The summed E-state index contributed by atoms with van der Waals surface area (Å²) in [6.45, 7) is 1.85. The van der Waals surface area contributed by atoms with Crippen LogP contribution in [0.5, 0.6) is 0 Å². The number of allylic oxidation sites excluding steroid dienone is 2. The SMILES string of the molecule is Cc1ccc(C(=O)NCc2ccc(F)cc2Cl)c(NS(=O)(=O)C2=CC=CN3SNC=C23)c1. The Balaban J connectivity index is 1.57. The van der Waals surface area contributed by atoms with Gasteiger partial charge in [-0.25, -0.2) is 12.8 Å². The fourth-order valence-electron chi connectivity index (χ4n) is 3.14. The van der Waals surface area contributed by atoms with Gasteiger partial charge in [0.15, 0.2) is 0 Å². The minimum Gasteiger partial charge on any atom is -0.348 e. The molecule has 1 amide bonds. The lowest BCUT2D eigenvalue weighted by molar-refractivity contribution is 0.0952. The van der Waals surface area contributed by atoms with E-state index in [-0.39, 0.29) is 27.7 Å². The number of amides is 1. The van der Waals surface area contributed by atoms with E-state index in [1.165, 1.54) is 30.3 Å². The van der Waals surface area contributed by atoms with Gasteiger partial charge < -0.3 is 10.0 Å². The Labute approximate surface area is 194 Å². The number of carbonyl (C=O) groups is 1. The van der Waals surface area contributed by atoms with E-state index in [1.807, 2.05) is 0 Å². The quantitative estimate of drug-likeness (QED) is 0.524. The topological polar surface area (TPSA) is 90.5 Å². The maximum absolute atomic E-state index is 13.2. The smallest absolute Gasteiger partial charge is 0.264 e. The third-order valence-corrected chi connectivity index (χ3v) is 7.22. The van der Waals surface area contributed by atoms with Gasteiger partial charge in [0.25, 0.3) is 15.9 Å². The van der Waals surface area contributed by atoms with Crippen LogP contribution in [0.4, 0.5) is 10.1 Å². The van der Waals surface area contributed by atoms with Gasteiger partial charge in [0.1, 0.15) is 10.7 Å². The van der Waals surface area contributed by atoms with E-state index in [4.69, 9.17) is 11.6 Å². The van der Waals surface area contributed by atoms with Gasteiger partial charge in [-0.3, -0.25) is 13.8 Å². The second-order valence-electron chi connectivity index (χ2n) is 7.01. The second-order valence-corrected chi connectivity index (χ2v) is 9.88. The van der Waals surface area contributed by atoms with E-state index in [1.54, 1.807) is 47.9 Å². The monoisotopic (exact) mass is 492 g/mol. The number of halogens is 2. The molecule has 2 aromatic carbocycles. The van der Waals surface area contributed by atoms with Gasteiger partial charge in [0.05, 0.1) is 29.1 Å². The number of nitrogens with zero attached hydrogens (tertiary/aromatic N) is 1. The van der Waals surface area contributed by atoms with Crippen molar-refractivity contribution in [3.8, 4) is 0 Å². The largest absolute Gasteiger partial charge is 0.348 e. The molecule has 0 spiro atoms. The molecule has 0 aliphatic carbocycles. The molecule has 2 aromatic rings. The highest BCUT2D eigenvalue weighted by Gasteiger charge is 2.30. The Morgan fingerprint density at radius 2 is 2.06 bits per heavy atom. The molecule has 32 heavy (non-hydrogen) atoms. The standard InChI is InChI=1S/C21H18ClFN4O3S2/c1-13-4-7-16(21(28)24-11-14-5-6-15(23)10-17(14)22)18(9-13)26-32(29,30)20-3-2-8-27-19(20)12-25-31-27/h2-10,12,25-26H,11H2,1H3,(H,24,28). The summed E-state index contributed by atoms with van der Waals surface area (Å²) in [5, 5.41) is 2.89. The lowest BCUT2D eigenvalue weighted by atomic mass is 10.1. The second kappa shape index (κ2) is 8.89. The Kier molecular flexibility index (Phi) is 6.18. The number of rotatable bonds is 6. The van der Waals surface area contributed by atoms with Crippen LogP contribution in [0.2, 0.25) is 5.02 Å². The normalized spacial score (nSPS) is 14.9. The van der Waals surface area contributed by atoms with Crippen molar-refractivity contribution in [1.82, 2.24) is 14.3 Å². The number of sulfonamides is 1. The molecule has 7 nitrogen and oxygen atoms in total. The highest BCUT2D eigenvalue weighted by molar-refractivity contribution is 7.97. The van der Waals surface area contributed by atoms with E-state index < -0.39 is 21.7 Å². The van der Waals surface area contributed by atoms with Crippen LogP contribution in [-0.2, 0) is 16.6 Å². The summed E-state index contributed by atoms with van der Waals surface area (Å²) in [6, 6.07) is 8.73. The van der Waals surface area contributed by atoms with E-state index in [9.17, 15) is 17.6 Å². The van der Waals surface area contributed by atoms with Gasteiger partial charge in [0, 0.05) is 24.0 Å². The zero-order chi connectivity index (χ0) is 22.9. The summed E-state index contributed by atoms with van der Waals surface area (Å²) < 4.78 is 46.6. The van der Waals surface area contributed by atoms with Gasteiger partial charge in [-0.2, -0.15) is 0 Å². The molecule has 0 saturated heterocycles. The number of anilines is 1. The number of hydrogen-bond donors (Lipinski definition) is 3. The predicted molar refractivity (Wildman–Crippen MR) is 124 cm³/mol. The number of fused-ring (bicyclic) bond motifs is 1. The number of hydrogen-bond acceptors (Lipinski definition) is 6. The van der Waals surface area contributed by atoms with Crippen LogP contribution in [0.1, 0.15) is 21.5 Å². The van der Waals surface area contributed by atoms with Crippen LogP contribution in [0.25, 0.3) is 0 Å². The van der Waals surface area contributed by atoms with Crippen LogP contribution in [0, 0.1) is 12.7 Å². The van der Waals surface area contributed by atoms with Crippen LogP contribution < -0.4 is 14.8 Å². The molecule has 0 saturated carbocycles. The summed E-state index contributed by atoms with van der Waals surface area (Å²) >= 11 is 7.26. The summed E-state index contributed by atoms with van der Waals surface area (Å²) in [6.07, 6.45) is 6.45. The summed E-state index contributed by atoms with van der Waals surface area (Å²) in [4.78, 5) is 12.9. The molecule has 0 fully saturated rings.